The van der Waals surface area contributed by atoms with Crippen molar-refractivity contribution in [3.63, 3.8) is 0 Å². The predicted molar refractivity (Wildman–Crippen MR) is 51.4 cm³/mol. The Morgan fingerprint density at radius 3 is 2.67 bits per heavy atom. The number of primary amides is 1. The van der Waals surface area contributed by atoms with Gasteiger partial charge < -0.3 is 5.73 Å². The molecule has 0 aromatic rings. The van der Waals surface area contributed by atoms with Crippen molar-refractivity contribution in [3.05, 3.63) is 0 Å². The highest BCUT2D eigenvalue weighted by Crippen LogP contribution is 2.08. The number of rotatable bonds is 9. The molecule has 0 aliphatic carbocycles. The molecule has 0 saturated carbocycles. The van der Waals surface area contributed by atoms with Gasteiger partial charge in [0.25, 0.3) is 0 Å². The molecule has 15 heavy (non-hydrogen) atoms. The van der Waals surface area contributed by atoms with Crippen molar-refractivity contribution in [2.75, 3.05) is 6.54 Å². The van der Waals surface area contributed by atoms with Gasteiger partial charge in [0.1, 0.15) is 0 Å². The van der Waals surface area contributed by atoms with Gasteiger partial charge in [-0.25, -0.2) is 5.06 Å². The van der Waals surface area contributed by atoms with Gasteiger partial charge in [-0.2, -0.15) is 0 Å². The van der Waals surface area contributed by atoms with Crippen LogP contribution in [0.25, 0.3) is 0 Å². The number of carbonyl (C=O) groups excluding carboxylic acids is 3. The third-order valence-electron chi connectivity index (χ3n) is 1.92. The molecule has 0 fully saturated rings. The van der Waals surface area contributed by atoms with E-state index in [1.807, 2.05) is 0 Å². The first-order valence-corrected chi connectivity index (χ1v) is 4.67. The lowest BCUT2D eigenvalue weighted by Crippen LogP contribution is -2.25. The van der Waals surface area contributed by atoms with Gasteiger partial charge in [0, 0.05) is 12.3 Å². The van der Waals surface area contributed by atoms with Crippen molar-refractivity contribution in [2.24, 2.45) is 11.7 Å². The minimum absolute atomic E-state index is 0.0659. The summed E-state index contributed by atoms with van der Waals surface area (Å²) >= 11 is 0. The van der Waals surface area contributed by atoms with Crippen LogP contribution in [0.5, 0.6) is 0 Å². The average Bonchev–Trinajstić information content (AvgIpc) is 2.21. The summed E-state index contributed by atoms with van der Waals surface area (Å²) in [6.07, 6.45) is 3.94. The van der Waals surface area contributed by atoms with Crippen LogP contribution in [0.1, 0.15) is 25.7 Å². The minimum Gasteiger partial charge on any atom is -0.370 e. The van der Waals surface area contributed by atoms with Crippen LogP contribution in [0.15, 0.2) is 0 Å². The monoisotopic (exact) mass is 215 g/mol. The molecule has 2 amide bonds. The zero-order valence-electron chi connectivity index (χ0n) is 8.39. The largest absolute Gasteiger partial charge is 0.370 e. The number of amides is 2. The van der Waals surface area contributed by atoms with Crippen LogP contribution in [0.3, 0.4) is 0 Å². The molecule has 0 aliphatic rings. The summed E-state index contributed by atoms with van der Waals surface area (Å²) in [7, 11) is 0. The van der Waals surface area contributed by atoms with Gasteiger partial charge >= 0.3 is 0 Å². The van der Waals surface area contributed by atoms with Crippen LogP contribution in [0, 0.1) is 5.92 Å². The maximum atomic E-state index is 10.4. The van der Waals surface area contributed by atoms with E-state index in [9.17, 15) is 14.4 Å². The van der Waals surface area contributed by atoms with E-state index in [4.69, 9.17) is 10.9 Å². The Bertz CT molecular complexity index is 220. The van der Waals surface area contributed by atoms with Crippen LogP contribution < -0.4 is 5.73 Å². The molecule has 6 heteroatoms. The number of carbonyl (C=O) groups is 2. The molecular weight excluding hydrogens is 200 g/mol. The molecule has 1 radical (unpaired) electrons. The Morgan fingerprint density at radius 1 is 1.53 bits per heavy atom. The summed E-state index contributed by atoms with van der Waals surface area (Å²) in [6.45, 7) is -0.0659. The SMILES string of the molecule is NC(=O)CCCC[C@@H]([C]=O)CN(O)C=O. The zero-order chi connectivity index (χ0) is 11.7. The number of nitrogens with two attached hydrogens (primary N) is 1. The first-order chi connectivity index (χ1) is 7.10. The molecule has 85 valence electrons. The van der Waals surface area contributed by atoms with Gasteiger partial charge in [0.15, 0.2) is 0 Å². The molecule has 0 unspecified atom stereocenters. The fourth-order valence-corrected chi connectivity index (χ4v) is 1.15. The third kappa shape index (κ3) is 7.63. The van der Waals surface area contributed by atoms with E-state index in [2.05, 4.69) is 0 Å². The fraction of sp³-hybridized carbons (Fsp3) is 0.667. The van der Waals surface area contributed by atoms with Crippen LogP contribution in [-0.2, 0) is 14.4 Å². The van der Waals surface area contributed by atoms with Crippen molar-refractivity contribution < 1.29 is 19.6 Å². The summed E-state index contributed by atoms with van der Waals surface area (Å²) in [5.74, 6) is -0.897. The lowest BCUT2D eigenvalue weighted by atomic mass is 10.0. The van der Waals surface area contributed by atoms with Gasteiger partial charge in [0.05, 0.1) is 6.54 Å². The van der Waals surface area contributed by atoms with Gasteiger partial charge in [-0.3, -0.25) is 19.6 Å². The van der Waals surface area contributed by atoms with Crippen molar-refractivity contribution in [1.29, 1.82) is 0 Å². The van der Waals surface area contributed by atoms with Gasteiger partial charge in [0.2, 0.25) is 18.6 Å². The van der Waals surface area contributed by atoms with Crippen LogP contribution in [-0.4, -0.2) is 35.4 Å². The van der Waals surface area contributed by atoms with Crippen molar-refractivity contribution in [2.45, 2.75) is 25.7 Å². The standard InChI is InChI=1S/C9H15N2O4/c10-9(14)4-2-1-3-8(6-12)5-11(15)7-13/h7-8,15H,1-5H2,(H2,10,14)/t8-/m1/s1. The Hall–Kier alpha value is -1.43. The normalized spacial score (nSPS) is 11.8. The molecule has 0 aliphatic heterocycles. The molecule has 0 bridgehead atoms. The maximum Gasteiger partial charge on any atom is 0.233 e. The molecule has 6 nitrogen and oxygen atoms in total. The molecule has 0 saturated heterocycles. The predicted octanol–water partition coefficient (Wildman–Crippen LogP) is -0.394. The van der Waals surface area contributed by atoms with E-state index < -0.39 is 5.92 Å². The minimum atomic E-state index is -0.520. The second-order valence-corrected chi connectivity index (χ2v) is 3.25. The first-order valence-electron chi connectivity index (χ1n) is 4.67. The van der Waals surface area contributed by atoms with E-state index in [-0.39, 0.29) is 25.3 Å². The lowest BCUT2D eigenvalue weighted by Gasteiger charge is -2.13. The average molecular weight is 215 g/mol. The summed E-state index contributed by atoms with van der Waals surface area (Å²) in [5.41, 5.74) is 4.93. The number of unbranched alkanes of at least 4 members (excludes halogenated alkanes) is 1. The number of nitrogens with zero attached hydrogens (tertiary/aromatic N) is 1. The topological polar surface area (TPSA) is 101 Å². The Labute approximate surface area is 88.0 Å². The van der Waals surface area contributed by atoms with E-state index in [0.717, 1.165) is 0 Å². The van der Waals surface area contributed by atoms with E-state index >= 15 is 0 Å². The highest BCUT2D eigenvalue weighted by Gasteiger charge is 2.11. The van der Waals surface area contributed by atoms with Crippen molar-refractivity contribution in [3.8, 4) is 0 Å². The van der Waals surface area contributed by atoms with Crippen molar-refractivity contribution >= 4 is 18.6 Å². The fourth-order valence-electron chi connectivity index (χ4n) is 1.15. The maximum absolute atomic E-state index is 10.4. The van der Waals surface area contributed by atoms with E-state index in [1.165, 1.54) is 0 Å². The highest BCUT2D eigenvalue weighted by atomic mass is 16.5. The number of hydrogen-bond acceptors (Lipinski definition) is 4. The first kappa shape index (κ1) is 13.6. The molecule has 3 N–H and O–H groups in total. The highest BCUT2D eigenvalue weighted by molar-refractivity contribution is 5.73. The molecular formula is C9H15N2O4. The van der Waals surface area contributed by atoms with Crippen LogP contribution in [0.4, 0.5) is 0 Å². The van der Waals surface area contributed by atoms with Crippen LogP contribution in [0.2, 0.25) is 0 Å². The molecule has 1 atom stereocenters. The van der Waals surface area contributed by atoms with Crippen molar-refractivity contribution in [1.82, 2.24) is 5.06 Å². The Balaban J connectivity index is 3.65. The zero-order valence-corrected chi connectivity index (χ0v) is 8.39. The third-order valence-corrected chi connectivity index (χ3v) is 1.92. The molecule has 0 spiro atoms. The number of hydrogen-bond donors (Lipinski definition) is 2. The summed E-state index contributed by atoms with van der Waals surface area (Å²) in [5, 5.41) is 9.22. The lowest BCUT2D eigenvalue weighted by molar-refractivity contribution is -0.151. The second kappa shape index (κ2) is 7.93. The Morgan fingerprint density at radius 2 is 2.20 bits per heavy atom. The molecule has 0 aromatic carbocycles. The summed E-state index contributed by atoms with van der Waals surface area (Å²) in [4.78, 5) is 30.9. The van der Waals surface area contributed by atoms with Crippen LogP contribution >= 0.6 is 0 Å². The molecule has 0 rings (SSSR count). The quantitative estimate of drug-likeness (QED) is 0.236. The molecule has 0 aromatic heterocycles. The summed E-state index contributed by atoms with van der Waals surface area (Å²) < 4.78 is 0. The van der Waals surface area contributed by atoms with E-state index in [0.29, 0.717) is 24.3 Å². The van der Waals surface area contributed by atoms with E-state index in [1.54, 1.807) is 6.29 Å². The smallest absolute Gasteiger partial charge is 0.233 e. The Kier molecular flexibility index (Phi) is 7.17. The summed E-state index contributed by atoms with van der Waals surface area (Å²) in [6, 6.07) is 0. The van der Waals surface area contributed by atoms with Gasteiger partial charge in [-0.1, -0.05) is 6.42 Å². The second-order valence-electron chi connectivity index (χ2n) is 3.25. The van der Waals surface area contributed by atoms with Gasteiger partial charge in [-0.05, 0) is 12.8 Å². The number of hydroxylamine groups is 2. The van der Waals surface area contributed by atoms with Gasteiger partial charge in [-0.15, -0.1) is 0 Å². The molecule has 0 heterocycles.